The van der Waals surface area contributed by atoms with Crippen LogP contribution in [0.15, 0.2) is 30.9 Å². The molecule has 1 aromatic carbocycles. The molecule has 108 valence electrons. The predicted molar refractivity (Wildman–Crippen MR) is 76.2 cm³/mol. The third-order valence-corrected chi connectivity index (χ3v) is 3.70. The largest absolute Gasteiger partial charge is 0.497 e. The molecule has 0 unspecified atom stereocenters. The first-order valence-corrected chi connectivity index (χ1v) is 6.62. The van der Waals surface area contributed by atoms with Crippen molar-refractivity contribution >= 4 is 5.78 Å². The van der Waals surface area contributed by atoms with E-state index in [2.05, 4.69) is 6.58 Å². The normalized spacial score (nSPS) is 21.4. The predicted octanol–water partition coefficient (Wildman–Crippen LogP) is 2.76. The maximum Gasteiger partial charge on any atom is 0.195 e. The van der Waals surface area contributed by atoms with Crippen LogP contribution < -0.4 is 4.74 Å². The number of Topliss-reactive ketones (excluding diaryl/α,β-unsaturated/α-hetero) is 1. The number of ketones is 1. The van der Waals surface area contributed by atoms with Gasteiger partial charge in [-0.3, -0.25) is 4.79 Å². The van der Waals surface area contributed by atoms with Crippen molar-refractivity contribution in [3.63, 3.8) is 0 Å². The monoisotopic (exact) mass is 276 g/mol. The van der Waals surface area contributed by atoms with Gasteiger partial charge in [-0.15, -0.1) is 6.58 Å². The van der Waals surface area contributed by atoms with Gasteiger partial charge in [0.15, 0.2) is 5.78 Å². The molecular formula is C16H20O4. The fourth-order valence-corrected chi connectivity index (χ4v) is 2.60. The molecule has 0 spiro atoms. The van der Waals surface area contributed by atoms with Crippen molar-refractivity contribution in [1.82, 2.24) is 0 Å². The van der Waals surface area contributed by atoms with Crippen LogP contribution in [0.25, 0.3) is 0 Å². The first kappa shape index (κ1) is 14.8. The fraction of sp³-hybridized carbons (Fsp3) is 0.438. The lowest BCUT2D eigenvalue weighted by atomic mass is 9.77. The third kappa shape index (κ3) is 2.62. The molecule has 2 rings (SSSR count). The quantitative estimate of drug-likeness (QED) is 0.592. The molecule has 1 aliphatic carbocycles. The highest BCUT2D eigenvalue weighted by molar-refractivity contribution is 6.05. The zero-order chi connectivity index (χ0) is 14.6. The molecule has 0 aliphatic heterocycles. The van der Waals surface area contributed by atoms with Gasteiger partial charge in [-0.1, -0.05) is 12.1 Å². The smallest absolute Gasteiger partial charge is 0.195 e. The summed E-state index contributed by atoms with van der Waals surface area (Å²) in [6, 6.07) is 5.60. The highest BCUT2D eigenvalue weighted by Gasteiger charge is 2.42. The molecule has 1 aromatic rings. The van der Waals surface area contributed by atoms with Gasteiger partial charge in [-0.2, -0.15) is 0 Å². The molecule has 0 saturated heterocycles. The number of benzene rings is 1. The van der Waals surface area contributed by atoms with E-state index in [1.165, 1.54) is 0 Å². The lowest BCUT2D eigenvalue weighted by Crippen LogP contribution is -2.45. The number of rotatable bonds is 6. The maximum atomic E-state index is 12.8. The van der Waals surface area contributed by atoms with Gasteiger partial charge >= 0.3 is 0 Å². The summed E-state index contributed by atoms with van der Waals surface area (Å²) in [6.07, 6.45) is 3.63. The zero-order valence-corrected chi connectivity index (χ0v) is 12.0. The van der Waals surface area contributed by atoms with Gasteiger partial charge in [0, 0.05) is 19.1 Å². The summed E-state index contributed by atoms with van der Waals surface area (Å²) in [5, 5.41) is 0. The SMILES string of the molecule is C=CC[C@@]1(OCOC)CCc2ccc(OC)cc2C1=O. The summed E-state index contributed by atoms with van der Waals surface area (Å²) < 4.78 is 15.9. The second-order valence-electron chi connectivity index (χ2n) is 4.89. The van der Waals surface area contributed by atoms with Crippen molar-refractivity contribution < 1.29 is 19.0 Å². The average molecular weight is 276 g/mol. The van der Waals surface area contributed by atoms with Crippen LogP contribution >= 0.6 is 0 Å². The van der Waals surface area contributed by atoms with Gasteiger partial charge in [-0.25, -0.2) is 0 Å². The Kier molecular flexibility index (Phi) is 4.57. The summed E-state index contributed by atoms with van der Waals surface area (Å²) in [6.45, 7) is 3.83. The Morgan fingerprint density at radius 2 is 2.20 bits per heavy atom. The highest BCUT2D eigenvalue weighted by Crippen LogP contribution is 2.36. The summed E-state index contributed by atoms with van der Waals surface area (Å²) in [4.78, 5) is 12.8. The van der Waals surface area contributed by atoms with Crippen molar-refractivity contribution in [2.45, 2.75) is 24.9 Å². The Labute approximate surface area is 119 Å². The lowest BCUT2D eigenvalue weighted by Gasteiger charge is -2.35. The van der Waals surface area contributed by atoms with E-state index in [4.69, 9.17) is 14.2 Å². The van der Waals surface area contributed by atoms with Gasteiger partial charge in [0.1, 0.15) is 18.1 Å². The summed E-state index contributed by atoms with van der Waals surface area (Å²) >= 11 is 0. The first-order valence-electron chi connectivity index (χ1n) is 6.62. The second kappa shape index (κ2) is 6.20. The number of carbonyl (C=O) groups excluding carboxylic acids is 1. The third-order valence-electron chi connectivity index (χ3n) is 3.70. The molecule has 0 N–H and O–H groups in total. The molecule has 0 amide bonds. The highest BCUT2D eigenvalue weighted by atomic mass is 16.7. The van der Waals surface area contributed by atoms with E-state index in [1.54, 1.807) is 26.4 Å². The van der Waals surface area contributed by atoms with Crippen LogP contribution in [0.1, 0.15) is 28.8 Å². The van der Waals surface area contributed by atoms with Gasteiger partial charge in [0.25, 0.3) is 0 Å². The van der Waals surface area contributed by atoms with Crippen LogP contribution in [-0.2, 0) is 15.9 Å². The Morgan fingerprint density at radius 3 is 2.85 bits per heavy atom. The van der Waals surface area contributed by atoms with Crippen LogP contribution in [0.2, 0.25) is 0 Å². The van der Waals surface area contributed by atoms with Crippen molar-refractivity contribution in [3.05, 3.63) is 42.0 Å². The van der Waals surface area contributed by atoms with Gasteiger partial charge in [0.05, 0.1) is 7.11 Å². The maximum absolute atomic E-state index is 12.8. The van der Waals surface area contributed by atoms with E-state index in [0.29, 0.717) is 24.2 Å². The van der Waals surface area contributed by atoms with Gasteiger partial charge in [-0.05, 0) is 30.5 Å². The molecule has 0 fully saturated rings. The summed E-state index contributed by atoms with van der Waals surface area (Å²) in [5.41, 5.74) is 0.849. The van der Waals surface area contributed by atoms with Crippen LogP contribution in [-0.4, -0.2) is 32.4 Å². The van der Waals surface area contributed by atoms with Gasteiger partial charge in [0.2, 0.25) is 0 Å². The second-order valence-corrected chi connectivity index (χ2v) is 4.89. The average Bonchev–Trinajstić information content (AvgIpc) is 2.48. The first-order chi connectivity index (χ1) is 9.66. The lowest BCUT2D eigenvalue weighted by molar-refractivity contribution is -0.113. The van der Waals surface area contributed by atoms with E-state index in [1.807, 2.05) is 12.1 Å². The van der Waals surface area contributed by atoms with E-state index in [0.717, 1.165) is 12.0 Å². The summed E-state index contributed by atoms with van der Waals surface area (Å²) in [5.74, 6) is 0.660. The van der Waals surface area contributed by atoms with E-state index in [-0.39, 0.29) is 12.6 Å². The Bertz CT molecular complexity index is 509. The number of hydrogen-bond donors (Lipinski definition) is 0. The van der Waals surface area contributed by atoms with Crippen LogP contribution in [0.4, 0.5) is 0 Å². The van der Waals surface area contributed by atoms with Crippen LogP contribution in [0.5, 0.6) is 5.75 Å². The van der Waals surface area contributed by atoms with Gasteiger partial charge < -0.3 is 14.2 Å². The molecule has 4 heteroatoms. The summed E-state index contributed by atoms with van der Waals surface area (Å²) in [7, 11) is 3.14. The van der Waals surface area contributed by atoms with E-state index >= 15 is 0 Å². The number of methoxy groups -OCH3 is 2. The minimum atomic E-state index is -0.864. The molecule has 0 heterocycles. The zero-order valence-electron chi connectivity index (χ0n) is 12.0. The van der Waals surface area contributed by atoms with E-state index in [9.17, 15) is 4.79 Å². The molecule has 0 bridgehead atoms. The molecule has 20 heavy (non-hydrogen) atoms. The minimum Gasteiger partial charge on any atom is -0.497 e. The molecule has 1 aliphatic rings. The number of fused-ring (bicyclic) bond motifs is 1. The Morgan fingerprint density at radius 1 is 1.40 bits per heavy atom. The molecular weight excluding hydrogens is 256 g/mol. The molecule has 0 saturated carbocycles. The van der Waals surface area contributed by atoms with Crippen LogP contribution in [0, 0.1) is 0 Å². The Balaban J connectivity index is 2.38. The minimum absolute atomic E-state index is 0.0189. The molecule has 4 nitrogen and oxygen atoms in total. The standard InChI is InChI=1S/C16H20O4/c1-4-8-16(20-11-18-2)9-7-12-5-6-13(19-3)10-14(12)15(16)17/h4-6,10H,1,7-9,11H2,2-3H3/t16-/m1/s1. The number of hydrogen-bond acceptors (Lipinski definition) is 4. The van der Waals surface area contributed by atoms with Crippen molar-refractivity contribution in [2.75, 3.05) is 21.0 Å². The Hall–Kier alpha value is -1.65. The van der Waals surface area contributed by atoms with Crippen molar-refractivity contribution in [1.29, 1.82) is 0 Å². The van der Waals surface area contributed by atoms with E-state index < -0.39 is 5.60 Å². The molecule has 1 atom stereocenters. The molecule has 0 radical (unpaired) electrons. The number of carbonyl (C=O) groups is 1. The fourth-order valence-electron chi connectivity index (χ4n) is 2.60. The topological polar surface area (TPSA) is 44.8 Å². The van der Waals surface area contributed by atoms with Crippen LogP contribution in [0.3, 0.4) is 0 Å². The van der Waals surface area contributed by atoms with Crippen molar-refractivity contribution in [3.8, 4) is 5.75 Å². The number of aryl methyl sites for hydroxylation is 1. The molecule has 0 aromatic heterocycles. The number of ether oxygens (including phenoxy) is 3. The van der Waals surface area contributed by atoms with Crippen molar-refractivity contribution in [2.24, 2.45) is 0 Å².